The van der Waals surface area contributed by atoms with Crippen molar-refractivity contribution >= 4 is 17.4 Å². The van der Waals surface area contributed by atoms with Crippen LogP contribution >= 0.6 is 11.6 Å². The topological polar surface area (TPSA) is 28.2 Å². The van der Waals surface area contributed by atoms with Crippen LogP contribution in [0.4, 0.5) is 5.82 Å². The molecule has 1 aromatic rings. The molecule has 0 saturated heterocycles. The maximum Gasteiger partial charge on any atom is 0.126 e. The van der Waals surface area contributed by atoms with Crippen molar-refractivity contribution in [2.24, 2.45) is 0 Å². The lowest BCUT2D eigenvalue weighted by Crippen LogP contribution is -2.40. The van der Waals surface area contributed by atoms with E-state index in [1.54, 1.807) is 0 Å². The van der Waals surface area contributed by atoms with Crippen LogP contribution < -0.4 is 5.32 Å². The van der Waals surface area contributed by atoms with E-state index < -0.39 is 0 Å². The van der Waals surface area contributed by atoms with Gasteiger partial charge in [0.05, 0.1) is 10.7 Å². The van der Waals surface area contributed by atoms with Crippen molar-refractivity contribution in [3.63, 3.8) is 0 Å². The molecule has 0 aromatic carbocycles. The largest absolute Gasteiger partial charge is 0.373 e. The minimum absolute atomic E-state index is 0.153. The molecule has 0 aliphatic rings. The van der Waals surface area contributed by atoms with Gasteiger partial charge in [-0.2, -0.15) is 0 Å². The highest BCUT2D eigenvalue weighted by Gasteiger charge is 2.22. The van der Waals surface area contributed by atoms with Crippen molar-refractivity contribution in [2.75, 3.05) is 19.4 Å². The molecule has 1 heterocycles. The Morgan fingerprint density at radius 2 is 2.06 bits per heavy atom. The highest BCUT2D eigenvalue weighted by Crippen LogP contribution is 2.23. The van der Waals surface area contributed by atoms with E-state index in [2.05, 4.69) is 43.0 Å². The van der Waals surface area contributed by atoms with Gasteiger partial charge in [0.2, 0.25) is 0 Å². The second kappa shape index (κ2) is 5.69. The molecule has 0 spiro atoms. The summed E-state index contributed by atoms with van der Waals surface area (Å²) in [5.74, 6) is 0.854. The molecule has 1 N–H and O–H groups in total. The van der Waals surface area contributed by atoms with E-state index in [4.69, 9.17) is 11.6 Å². The van der Waals surface area contributed by atoms with Gasteiger partial charge in [0.1, 0.15) is 5.82 Å². The summed E-state index contributed by atoms with van der Waals surface area (Å²) in [5, 5.41) is 3.76. The second-order valence-electron chi connectivity index (χ2n) is 4.90. The Morgan fingerprint density at radius 1 is 1.41 bits per heavy atom. The van der Waals surface area contributed by atoms with Crippen molar-refractivity contribution in [3.05, 3.63) is 22.8 Å². The quantitative estimate of drug-likeness (QED) is 0.874. The van der Waals surface area contributed by atoms with Crippen LogP contribution in [0.5, 0.6) is 0 Å². The molecule has 0 atom stereocenters. The average molecular weight is 256 g/mol. The lowest BCUT2D eigenvalue weighted by atomic mass is 10.00. The van der Waals surface area contributed by atoms with Crippen LogP contribution in [0.2, 0.25) is 5.02 Å². The summed E-state index contributed by atoms with van der Waals surface area (Å²) in [4.78, 5) is 6.77. The number of hydrogen-bond donors (Lipinski definition) is 1. The monoisotopic (exact) mass is 255 g/mol. The molecule has 1 rings (SSSR count). The summed E-state index contributed by atoms with van der Waals surface area (Å²) in [6.07, 6.45) is 1.09. The van der Waals surface area contributed by atoms with Gasteiger partial charge in [-0.1, -0.05) is 18.5 Å². The van der Waals surface area contributed by atoms with Gasteiger partial charge in [0.25, 0.3) is 0 Å². The molecule has 4 heteroatoms. The number of halogens is 1. The van der Waals surface area contributed by atoms with E-state index in [0.29, 0.717) is 0 Å². The number of anilines is 1. The van der Waals surface area contributed by atoms with Gasteiger partial charge >= 0.3 is 0 Å². The zero-order valence-electron chi connectivity index (χ0n) is 11.3. The van der Waals surface area contributed by atoms with E-state index in [1.807, 2.05) is 19.2 Å². The minimum Gasteiger partial charge on any atom is -0.373 e. The number of hydrogen-bond acceptors (Lipinski definition) is 3. The van der Waals surface area contributed by atoms with Crippen molar-refractivity contribution in [2.45, 2.75) is 39.3 Å². The zero-order valence-corrected chi connectivity index (χ0v) is 12.1. The van der Waals surface area contributed by atoms with Gasteiger partial charge in [0, 0.05) is 19.1 Å². The second-order valence-corrected chi connectivity index (χ2v) is 5.30. The number of nitrogens with one attached hydrogen (secondary N) is 1. The molecule has 0 bridgehead atoms. The zero-order chi connectivity index (χ0) is 13.1. The van der Waals surface area contributed by atoms with Gasteiger partial charge in [-0.15, -0.1) is 0 Å². The molecule has 0 aliphatic heterocycles. The summed E-state index contributed by atoms with van der Waals surface area (Å²) in [5.41, 5.74) is 1.07. The molecule has 0 amide bonds. The van der Waals surface area contributed by atoms with Crippen molar-refractivity contribution in [1.82, 2.24) is 9.88 Å². The first-order valence-corrected chi connectivity index (χ1v) is 6.33. The summed E-state index contributed by atoms with van der Waals surface area (Å²) >= 11 is 6.17. The lowest BCUT2D eigenvalue weighted by molar-refractivity contribution is 0.141. The van der Waals surface area contributed by atoms with Gasteiger partial charge in [-0.25, -0.2) is 4.98 Å². The molecule has 96 valence electrons. The van der Waals surface area contributed by atoms with Gasteiger partial charge in [-0.3, -0.25) is 4.90 Å². The molecule has 0 fully saturated rings. The van der Waals surface area contributed by atoms with Gasteiger partial charge in [0.15, 0.2) is 0 Å². The third-order valence-corrected chi connectivity index (χ3v) is 3.80. The third-order valence-electron chi connectivity index (χ3n) is 3.46. The molecule has 0 saturated carbocycles. The first-order chi connectivity index (χ1) is 7.90. The Balaban J connectivity index is 2.87. The van der Waals surface area contributed by atoms with Crippen LogP contribution in [0.1, 0.15) is 32.9 Å². The Morgan fingerprint density at radius 3 is 2.59 bits per heavy atom. The predicted octanol–water partition coefficient (Wildman–Crippen LogP) is 3.40. The fourth-order valence-electron chi connectivity index (χ4n) is 1.44. The molecule has 17 heavy (non-hydrogen) atoms. The Bertz CT molecular complexity index is 377. The first-order valence-electron chi connectivity index (χ1n) is 5.95. The fraction of sp³-hybridized carbons (Fsp3) is 0.615. The Hall–Kier alpha value is -0.800. The predicted molar refractivity (Wildman–Crippen MR) is 74.6 cm³/mol. The van der Waals surface area contributed by atoms with E-state index in [9.17, 15) is 0 Å². The summed E-state index contributed by atoms with van der Waals surface area (Å²) in [6.45, 7) is 7.40. The Kier molecular flexibility index (Phi) is 4.78. The van der Waals surface area contributed by atoms with Crippen LogP contribution in [0, 0.1) is 0 Å². The van der Waals surface area contributed by atoms with E-state index in [-0.39, 0.29) is 5.54 Å². The normalized spacial score (nSPS) is 11.9. The number of nitrogens with zero attached hydrogens (tertiary/aromatic N) is 2. The SMILES string of the molecule is CCC(C)(C)N(C)Cc1nc(NC)ccc1Cl. The molecular weight excluding hydrogens is 234 g/mol. The molecule has 3 nitrogen and oxygen atoms in total. The van der Waals surface area contributed by atoms with Crippen molar-refractivity contribution < 1.29 is 0 Å². The van der Waals surface area contributed by atoms with Gasteiger partial charge < -0.3 is 5.32 Å². The van der Waals surface area contributed by atoms with E-state index in [0.717, 1.165) is 29.5 Å². The molecular formula is C13H22ClN3. The van der Waals surface area contributed by atoms with Crippen LogP contribution in [-0.2, 0) is 6.54 Å². The van der Waals surface area contributed by atoms with E-state index in [1.165, 1.54) is 0 Å². The number of aromatic nitrogens is 1. The van der Waals surface area contributed by atoms with Crippen molar-refractivity contribution in [1.29, 1.82) is 0 Å². The Labute approximate surface area is 109 Å². The summed E-state index contributed by atoms with van der Waals surface area (Å²) in [6, 6.07) is 3.78. The standard InChI is InChI=1S/C13H22ClN3/c1-6-13(2,3)17(5)9-11-10(14)7-8-12(15-4)16-11/h7-8H,6,9H2,1-5H3,(H,15,16). The number of pyridine rings is 1. The maximum atomic E-state index is 6.17. The average Bonchev–Trinajstić information content (AvgIpc) is 2.31. The summed E-state index contributed by atoms with van der Waals surface area (Å²) < 4.78 is 0. The molecule has 0 unspecified atom stereocenters. The van der Waals surface area contributed by atoms with Crippen LogP contribution in [0.3, 0.4) is 0 Å². The molecule has 0 aliphatic carbocycles. The summed E-state index contributed by atoms with van der Waals surface area (Å²) in [7, 11) is 3.97. The van der Waals surface area contributed by atoms with Crippen LogP contribution in [-0.4, -0.2) is 29.5 Å². The van der Waals surface area contributed by atoms with Gasteiger partial charge in [-0.05, 0) is 39.4 Å². The number of rotatable bonds is 5. The fourth-order valence-corrected chi connectivity index (χ4v) is 1.61. The molecule has 0 radical (unpaired) electrons. The highest BCUT2D eigenvalue weighted by molar-refractivity contribution is 6.31. The highest BCUT2D eigenvalue weighted by atomic mass is 35.5. The lowest BCUT2D eigenvalue weighted by Gasteiger charge is -2.34. The van der Waals surface area contributed by atoms with E-state index >= 15 is 0 Å². The smallest absolute Gasteiger partial charge is 0.126 e. The maximum absolute atomic E-state index is 6.17. The third kappa shape index (κ3) is 3.58. The van der Waals surface area contributed by atoms with Crippen LogP contribution in [0.25, 0.3) is 0 Å². The molecule has 1 aromatic heterocycles. The van der Waals surface area contributed by atoms with Crippen molar-refractivity contribution in [3.8, 4) is 0 Å². The minimum atomic E-state index is 0.153. The van der Waals surface area contributed by atoms with Crippen LogP contribution in [0.15, 0.2) is 12.1 Å². The first kappa shape index (κ1) is 14.3.